The summed E-state index contributed by atoms with van der Waals surface area (Å²) in [6, 6.07) is 1.17. The summed E-state index contributed by atoms with van der Waals surface area (Å²) in [6.07, 6.45) is -2.47. The highest BCUT2D eigenvalue weighted by Crippen LogP contribution is 2.56. The van der Waals surface area contributed by atoms with Crippen LogP contribution in [0.1, 0.15) is 6.23 Å². The van der Waals surface area contributed by atoms with Gasteiger partial charge in [-0.1, -0.05) is 0 Å². The first kappa shape index (κ1) is 19.3. The molecule has 0 spiro atoms. The van der Waals surface area contributed by atoms with Gasteiger partial charge in [-0.3, -0.25) is 14.3 Å². The SMILES string of the molecule is [B][P+](OC)(OC)OC[C@H]1O[C@@H](n2ccc(=O)[nH]c2=O)[C@@H](OC)C1O. The minimum Gasteiger partial charge on any atom is -0.387 e. The maximum atomic E-state index is 11.9. The summed E-state index contributed by atoms with van der Waals surface area (Å²) in [5, 5.41) is 10.3. The summed E-state index contributed by atoms with van der Waals surface area (Å²) in [5.74, 6) is 0. The third-order valence-corrected chi connectivity index (χ3v) is 5.16. The zero-order valence-corrected chi connectivity index (χ0v) is 14.3. The molecule has 2 heterocycles. The minimum absolute atomic E-state index is 0.137. The fourth-order valence-electron chi connectivity index (χ4n) is 2.32. The van der Waals surface area contributed by atoms with Crippen LogP contribution >= 0.6 is 7.82 Å². The van der Waals surface area contributed by atoms with Crippen LogP contribution in [0.25, 0.3) is 0 Å². The van der Waals surface area contributed by atoms with Gasteiger partial charge in [0.15, 0.2) is 6.23 Å². The van der Waals surface area contributed by atoms with E-state index in [1.807, 2.05) is 0 Å². The fraction of sp³-hybridized carbons (Fsp3) is 0.667. The molecule has 1 saturated heterocycles. The molecule has 2 rings (SSSR count). The molecule has 0 bridgehead atoms. The lowest BCUT2D eigenvalue weighted by Crippen LogP contribution is -2.38. The summed E-state index contributed by atoms with van der Waals surface area (Å²) >= 11 is 0. The van der Waals surface area contributed by atoms with Crippen molar-refractivity contribution in [3.63, 3.8) is 0 Å². The second-order valence-electron chi connectivity index (χ2n) is 4.97. The molecule has 1 aromatic heterocycles. The molecule has 2 N–H and O–H groups in total. The van der Waals surface area contributed by atoms with Crippen molar-refractivity contribution in [2.75, 3.05) is 27.9 Å². The summed E-state index contributed by atoms with van der Waals surface area (Å²) in [5.41, 5.74) is -1.22. The first-order chi connectivity index (χ1) is 11.3. The molecular weight excluding hydrogens is 342 g/mol. The molecule has 0 saturated carbocycles. The van der Waals surface area contributed by atoms with Crippen LogP contribution < -0.4 is 11.2 Å². The molecule has 1 aliphatic rings. The number of nitrogens with one attached hydrogen (secondary N) is 1. The molecule has 24 heavy (non-hydrogen) atoms. The monoisotopic (exact) mass is 361 g/mol. The van der Waals surface area contributed by atoms with Crippen molar-refractivity contribution in [1.82, 2.24) is 9.55 Å². The molecule has 0 amide bonds. The minimum atomic E-state index is -2.99. The second kappa shape index (κ2) is 7.88. The zero-order chi connectivity index (χ0) is 17.9. The van der Waals surface area contributed by atoms with E-state index >= 15 is 0 Å². The van der Waals surface area contributed by atoms with Gasteiger partial charge in [-0.05, 0) is 0 Å². The number of aromatic nitrogens is 2. The molecule has 12 heteroatoms. The number of methoxy groups -OCH3 is 1. The van der Waals surface area contributed by atoms with Crippen LogP contribution in [0.2, 0.25) is 0 Å². The predicted molar refractivity (Wildman–Crippen MR) is 84.7 cm³/mol. The number of ether oxygens (including phenoxy) is 2. The molecule has 2 radical (unpaired) electrons. The highest BCUT2D eigenvalue weighted by atomic mass is 31.2. The van der Waals surface area contributed by atoms with Gasteiger partial charge >= 0.3 is 21.1 Å². The summed E-state index contributed by atoms with van der Waals surface area (Å²) in [6.45, 7) is -0.137. The first-order valence-electron chi connectivity index (χ1n) is 6.96. The Morgan fingerprint density at radius 2 is 2.04 bits per heavy atom. The number of aliphatic hydroxyl groups excluding tert-OH is 1. The van der Waals surface area contributed by atoms with Crippen molar-refractivity contribution in [3.8, 4) is 0 Å². The van der Waals surface area contributed by atoms with E-state index in [1.54, 1.807) is 0 Å². The smallest absolute Gasteiger partial charge is 0.387 e. The molecule has 1 aromatic rings. The van der Waals surface area contributed by atoms with Crippen molar-refractivity contribution in [2.24, 2.45) is 0 Å². The Morgan fingerprint density at radius 3 is 2.58 bits per heavy atom. The number of H-pyrrole nitrogens is 1. The lowest BCUT2D eigenvalue weighted by molar-refractivity contribution is -0.0616. The van der Waals surface area contributed by atoms with Crippen LogP contribution in [-0.2, 0) is 23.0 Å². The maximum Gasteiger partial charge on any atom is 0.488 e. The van der Waals surface area contributed by atoms with Crippen molar-refractivity contribution in [3.05, 3.63) is 33.1 Å². The number of nitrogens with zero attached hydrogens (tertiary/aromatic N) is 1. The van der Waals surface area contributed by atoms with Crippen LogP contribution in [0.5, 0.6) is 0 Å². The topological polar surface area (TPSA) is 121 Å². The van der Waals surface area contributed by atoms with E-state index in [9.17, 15) is 14.7 Å². The molecule has 4 atom stereocenters. The Kier molecular flexibility index (Phi) is 6.32. The summed E-state index contributed by atoms with van der Waals surface area (Å²) in [7, 11) is 6.80. The highest BCUT2D eigenvalue weighted by molar-refractivity contribution is 7.85. The fourth-order valence-corrected chi connectivity index (χ4v) is 3.03. The molecule has 1 unspecified atom stereocenters. The molecule has 1 aliphatic heterocycles. The van der Waals surface area contributed by atoms with Crippen LogP contribution in [0, 0.1) is 0 Å². The van der Waals surface area contributed by atoms with Crippen molar-refractivity contribution < 1.29 is 28.2 Å². The Hall–Kier alpha value is -1.07. The van der Waals surface area contributed by atoms with Gasteiger partial charge in [-0.2, -0.15) is 13.6 Å². The summed E-state index contributed by atoms with van der Waals surface area (Å²) in [4.78, 5) is 25.2. The van der Waals surface area contributed by atoms with Crippen molar-refractivity contribution in [2.45, 2.75) is 24.5 Å². The van der Waals surface area contributed by atoms with E-state index in [0.29, 0.717) is 0 Å². The van der Waals surface area contributed by atoms with Crippen molar-refractivity contribution in [1.29, 1.82) is 0 Å². The third-order valence-electron chi connectivity index (χ3n) is 3.64. The molecular formula is C12H19BN2O8P+. The Labute approximate surface area is 139 Å². The lowest BCUT2D eigenvalue weighted by Gasteiger charge is -2.20. The van der Waals surface area contributed by atoms with Gasteiger partial charge in [0.2, 0.25) is 0 Å². The highest BCUT2D eigenvalue weighted by Gasteiger charge is 2.48. The molecule has 10 nitrogen and oxygen atoms in total. The van der Waals surface area contributed by atoms with E-state index in [0.717, 1.165) is 4.57 Å². The van der Waals surface area contributed by atoms with Crippen LogP contribution in [0.4, 0.5) is 0 Å². The average molecular weight is 361 g/mol. The van der Waals surface area contributed by atoms with E-state index in [4.69, 9.17) is 30.6 Å². The van der Waals surface area contributed by atoms with Gasteiger partial charge in [0, 0.05) is 19.4 Å². The van der Waals surface area contributed by atoms with Gasteiger partial charge in [-0.25, -0.2) is 4.79 Å². The van der Waals surface area contributed by atoms with Gasteiger partial charge in [0.1, 0.15) is 24.9 Å². The van der Waals surface area contributed by atoms with Gasteiger partial charge in [0.25, 0.3) is 5.56 Å². The van der Waals surface area contributed by atoms with E-state index in [-0.39, 0.29) is 6.61 Å². The predicted octanol–water partition coefficient (Wildman–Crippen LogP) is -1.03. The maximum absolute atomic E-state index is 11.9. The number of hydrogen-bond donors (Lipinski definition) is 2. The number of aromatic amines is 1. The van der Waals surface area contributed by atoms with Crippen LogP contribution in [-0.4, -0.2) is 68.5 Å². The Morgan fingerprint density at radius 1 is 1.38 bits per heavy atom. The normalized spacial score (nSPS) is 27.5. The zero-order valence-electron chi connectivity index (χ0n) is 13.4. The number of hydrogen-bond acceptors (Lipinski definition) is 8. The van der Waals surface area contributed by atoms with E-state index in [2.05, 4.69) is 4.98 Å². The number of aliphatic hydroxyl groups is 1. The first-order valence-corrected chi connectivity index (χ1v) is 8.57. The average Bonchev–Trinajstić information content (AvgIpc) is 2.88. The van der Waals surface area contributed by atoms with Crippen LogP contribution in [0.15, 0.2) is 21.9 Å². The molecule has 132 valence electrons. The lowest BCUT2D eigenvalue weighted by atomic mass is 10.1. The largest absolute Gasteiger partial charge is 0.488 e. The summed E-state index contributed by atoms with van der Waals surface area (Å²) < 4.78 is 27.3. The molecule has 0 aromatic carbocycles. The molecule has 1 fully saturated rings. The van der Waals surface area contributed by atoms with Crippen molar-refractivity contribution >= 4 is 15.4 Å². The standard InChI is InChI=1S/C12H19BN2O8P/c1-19-10-9(17)7(6-22-24(13,20-2)21-3)23-11(10)15-5-4-8(16)14-12(15)18/h4-5,7,9-11,17H,6H2,1-3H3,(H,14,16,18)/q+1/t7-,9?,10+,11-/m1/s1. The van der Waals surface area contributed by atoms with Gasteiger partial charge in [-0.15, -0.1) is 0 Å². The Bertz CT molecular complexity index is 663. The van der Waals surface area contributed by atoms with Gasteiger partial charge in [0.05, 0.1) is 14.2 Å². The van der Waals surface area contributed by atoms with Crippen LogP contribution in [0.3, 0.4) is 0 Å². The molecule has 0 aliphatic carbocycles. The van der Waals surface area contributed by atoms with Gasteiger partial charge < -0.3 is 14.6 Å². The third kappa shape index (κ3) is 3.94. The Balaban J connectivity index is 2.17. The number of rotatable bonds is 7. The quantitative estimate of drug-likeness (QED) is 0.467. The van der Waals surface area contributed by atoms with E-state index < -0.39 is 43.6 Å². The second-order valence-corrected chi connectivity index (χ2v) is 7.04. The van der Waals surface area contributed by atoms with E-state index in [1.165, 1.54) is 33.6 Å².